The Morgan fingerprint density at radius 2 is 1.96 bits per heavy atom. The number of nitrogens with one attached hydrogen (secondary N) is 1. The standard InChI is InChI=1S/C18H16Cl2N4OS/c19-14-2-1-12(9-15(14)20)13(3-6-21)17(25)24-18-23-16(10-26-18)11-4-7-22-8-5-11/h1-2,4-5,7-10,13H,3,6,21H2,(H,23,24,25). The molecule has 0 saturated carbocycles. The zero-order chi connectivity index (χ0) is 18.5. The summed E-state index contributed by atoms with van der Waals surface area (Å²) in [5.41, 5.74) is 8.19. The lowest BCUT2D eigenvalue weighted by atomic mass is 9.95. The molecule has 26 heavy (non-hydrogen) atoms. The molecular weight excluding hydrogens is 391 g/mol. The van der Waals surface area contributed by atoms with E-state index in [9.17, 15) is 4.79 Å². The number of aromatic nitrogens is 2. The molecule has 1 unspecified atom stereocenters. The third-order valence-corrected chi connectivity index (χ3v) is 5.33. The van der Waals surface area contributed by atoms with Crippen LogP contribution in [-0.2, 0) is 4.79 Å². The number of amides is 1. The van der Waals surface area contributed by atoms with Gasteiger partial charge in [-0.3, -0.25) is 9.78 Å². The average Bonchev–Trinajstić information content (AvgIpc) is 3.11. The van der Waals surface area contributed by atoms with Gasteiger partial charge in [-0.2, -0.15) is 0 Å². The molecule has 0 aliphatic heterocycles. The van der Waals surface area contributed by atoms with Crippen LogP contribution in [0.4, 0.5) is 5.13 Å². The van der Waals surface area contributed by atoms with Crippen molar-refractivity contribution in [2.45, 2.75) is 12.3 Å². The van der Waals surface area contributed by atoms with Gasteiger partial charge in [0.2, 0.25) is 5.91 Å². The van der Waals surface area contributed by atoms with Crippen LogP contribution in [0.3, 0.4) is 0 Å². The first-order valence-corrected chi connectivity index (χ1v) is 9.54. The molecule has 3 rings (SSSR count). The van der Waals surface area contributed by atoms with E-state index in [0.29, 0.717) is 28.1 Å². The maximum Gasteiger partial charge on any atom is 0.233 e. The molecule has 134 valence electrons. The normalized spacial score (nSPS) is 12.0. The largest absolute Gasteiger partial charge is 0.330 e. The monoisotopic (exact) mass is 406 g/mol. The van der Waals surface area contributed by atoms with Crippen molar-refractivity contribution in [2.24, 2.45) is 5.73 Å². The molecule has 1 amide bonds. The zero-order valence-electron chi connectivity index (χ0n) is 13.7. The number of nitrogens with zero attached hydrogens (tertiary/aromatic N) is 2. The van der Waals surface area contributed by atoms with Crippen molar-refractivity contribution in [1.82, 2.24) is 9.97 Å². The van der Waals surface area contributed by atoms with E-state index < -0.39 is 5.92 Å². The number of thiazole rings is 1. The molecule has 0 radical (unpaired) electrons. The van der Waals surface area contributed by atoms with Crippen LogP contribution in [0.25, 0.3) is 11.3 Å². The molecule has 1 aromatic carbocycles. The number of nitrogens with two attached hydrogens (primary N) is 1. The highest BCUT2D eigenvalue weighted by Crippen LogP contribution is 2.30. The first-order valence-electron chi connectivity index (χ1n) is 7.90. The first kappa shape index (κ1) is 18.8. The Morgan fingerprint density at radius 1 is 1.19 bits per heavy atom. The van der Waals surface area contributed by atoms with Gasteiger partial charge in [-0.1, -0.05) is 29.3 Å². The molecule has 0 aliphatic carbocycles. The highest BCUT2D eigenvalue weighted by atomic mass is 35.5. The number of hydrogen-bond acceptors (Lipinski definition) is 5. The van der Waals surface area contributed by atoms with Crippen LogP contribution in [0.1, 0.15) is 17.9 Å². The van der Waals surface area contributed by atoms with Gasteiger partial charge in [-0.05, 0) is 42.8 Å². The van der Waals surface area contributed by atoms with Gasteiger partial charge in [-0.25, -0.2) is 4.98 Å². The Bertz CT molecular complexity index is 901. The minimum atomic E-state index is -0.428. The van der Waals surface area contributed by atoms with Crippen molar-refractivity contribution in [3.8, 4) is 11.3 Å². The summed E-state index contributed by atoms with van der Waals surface area (Å²) in [5, 5.41) is 6.15. The molecule has 0 fully saturated rings. The van der Waals surface area contributed by atoms with E-state index in [2.05, 4.69) is 15.3 Å². The molecule has 1 atom stereocenters. The van der Waals surface area contributed by atoms with E-state index in [1.807, 2.05) is 17.5 Å². The number of anilines is 1. The highest BCUT2D eigenvalue weighted by Gasteiger charge is 2.22. The van der Waals surface area contributed by atoms with E-state index in [0.717, 1.165) is 16.8 Å². The van der Waals surface area contributed by atoms with Crippen LogP contribution < -0.4 is 11.1 Å². The molecule has 5 nitrogen and oxygen atoms in total. The number of pyridine rings is 1. The fourth-order valence-corrected chi connectivity index (χ4v) is 3.55. The number of rotatable bonds is 6. The topological polar surface area (TPSA) is 80.9 Å². The summed E-state index contributed by atoms with van der Waals surface area (Å²) in [6.07, 6.45) is 3.90. The van der Waals surface area contributed by atoms with Gasteiger partial charge in [0.1, 0.15) is 0 Å². The maximum atomic E-state index is 12.8. The van der Waals surface area contributed by atoms with Crippen LogP contribution >= 0.6 is 34.5 Å². The smallest absolute Gasteiger partial charge is 0.233 e. The summed E-state index contributed by atoms with van der Waals surface area (Å²) >= 11 is 13.4. The van der Waals surface area contributed by atoms with Crippen molar-refractivity contribution in [1.29, 1.82) is 0 Å². The molecule has 3 aromatic rings. The lowest BCUT2D eigenvalue weighted by molar-refractivity contribution is -0.117. The maximum absolute atomic E-state index is 12.8. The molecule has 0 aliphatic rings. The predicted octanol–water partition coefficient (Wildman–Crippen LogP) is 4.58. The highest BCUT2D eigenvalue weighted by molar-refractivity contribution is 7.14. The predicted molar refractivity (Wildman–Crippen MR) is 107 cm³/mol. The number of hydrogen-bond donors (Lipinski definition) is 2. The average molecular weight is 407 g/mol. The van der Waals surface area contributed by atoms with Crippen molar-refractivity contribution >= 4 is 45.6 Å². The third-order valence-electron chi connectivity index (χ3n) is 3.83. The zero-order valence-corrected chi connectivity index (χ0v) is 16.0. The van der Waals surface area contributed by atoms with E-state index in [-0.39, 0.29) is 5.91 Å². The van der Waals surface area contributed by atoms with E-state index in [1.165, 1.54) is 11.3 Å². The van der Waals surface area contributed by atoms with Gasteiger partial charge < -0.3 is 11.1 Å². The quantitative estimate of drug-likeness (QED) is 0.627. The summed E-state index contributed by atoms with van der Waals surface area (Å²) in [7, 11) is 0. The summed E-state index contributed by atoms with van der Waals surface area (Å²) in [5.74, 6) is -0.604. The summed E-state index contributed by atoms with van der Waals surface area (Å²) in [6.45, 7) is 0.373. The second-order valence-corrected chi connectivity index (χ2v) is 7.24. The van der Waals surface area contributed by atoms with Crippen molar-refractivity contribution < 1.29 is 4.79 Å². The van der Waals surface area contributed by atoms with Crippen LogP contribution in [0, 0.1) is 0 Å². The lowest BCUT2D eigenvalue weighted by Crippen LogP contribution is -2.23. The molecule has 2 aromatic heterocycles. The van der Waals surface area contributed by atoms with Crippen molar-refractivity contribution in [3.63, 3.8) is 0 Å². The Labute approximate surface area is 165 Å². The number of halogens is 2. The molecule has 0 spiro atoms. The lowest BCUT2D eigenvalue weighted by Gasteiger charge is -2.16. The van der Waals surface area contributed by atoms with Gasteiger partial charge in [0.25, 0.3) is 0 Å². The molecular formula is C18H16Cl2N4OS. The van der Waals surface area contributed by atoms with Crippen LogP contribution in [0.5, 0.6) is 0 Å². The molecule has 0 saturated heterocycles. The molecule has 2 heterocycles. The minimum Gasteiger partial charge on any atom is -0.330 e. The summed E-state index contributed by atoms with van der Waals surface area (Å²) in [6, 6.07) is 8.91. The number of benzene rings is 1. The van der Waals surface area contributed by atoms with Gasteiger partial charge in [-0.15, -0.1) is 11.3 Å². The Kier molecular flexibility index (Phi) is 6.21. The molecule has 0 bridgehead atoms. The SMILES string of the molecule is NCCC(C(=O)Nc1nc(-c2ccncc2)cs1)c1ccc(Cl)c(Cl)c1. The fraction of sp³-hybridized carbons (Fsp3) is 0.167. The van der Waals surface area contributed by atoms with Crippen LogP contribution in [0.2, 0.25) is 10.0 Å². The molecule has 3 N–H and O–H groups in total. The van der Waals surface area contributed by atoms with Crippen molar-refractivity contribution in [2.75, 3.05) is 11.9 Å². The second-order valence-electron chi connectivity index (χ2n) is 5.57. The Morgan fingerprint density at radius 3 is 2.65 bits per heavy atom. The Hall–Kier alpha value is -1.99. The van der Waals surface area contributed by atoms with Crippen molar-refractivity contribution in [3.05, 3.63) is 63.7 Å². The van der Waals surface area contributed by atoms with Gasteiger partial charge in [0.15, 0.2) is 5.13 Å². The Balaban J connectivity index is 1.78. The van der Waals surface area contributed by atoms with E-state index >= 15 is 0 Å². The van der Waals surface area contributed by atoms with Crippen LogP contribution in [0.15, 0.2) is 48.1 Å². The summed E-state index contributed by atoms with van der Waals surface area (Å²) in [4.78, 5) is 21.2. The van der Waals surface area contributed by atoms with Crippen LogP contribution in [-0.4, -0.2) is 22.4 Å². The first-order chi connectivity index (χ1) is 12.6. The van der Waals surface area contributed by atoms with Gasteiger partial charge in [0, 0.05) is 23.3 Å². The van der Waals surface area contributed by atoms with E-state index in [1.54, 1.807) is 30.6 Å². The second kappa shape index (κ2) is 8.60. The van der Waals surface area contributed by atoms with Gasteiger partial charge >= 0.3 is 0 Å². The van der Waals surface area contributed by atoms with Gasteiger partial charge in [0.05, 0.1) is 21.7 Å². The van der Waals surface area contributed by atoms with E-state index in [4.69, 9.17) is 28.9 Å². The fourth-order valence-electron chi connectivity index (χ4n) is 2.52. The number of carbonyl (C=O) groups is 1. The number of carbonyl (C=O) groups excluding carboxylic acids is 1. The summed E-state index contributed by atoms with van der Waals surface area (Å²) < 4.78 is 0. The third kappa shape index (κ3) is 4.40. The molecule has 8 heteroatoms. The minimum absolute atomic E-state index is 0.176.